The van der Waals surface area contributed by atoms with E-state index in [2.05, 4.69) is 5.32 Å². The Bertz CT molecular complexity index is 573. The van der Waals surface area contributed by atoms with Crippen molar-refractivity contribution in [1.29, 1.82) is 0 Å². The van der Waals surface area contributed by atoms with Crippen molar-refractivity contribution in [2.75, 3.05) is 17.7 Å². The van der Waals surface area contributed by atoms with Crippen molar-refractivity contribution in [2.45, 2.75) is 13.0 Å². The normalized spacial score (nSPS) is 10.4. The third-order valence-electron chi connectivity index (χ3n) is 2.59. The summed E-state index contributed by atoms with van der Waals surface area (Å²) >= 11 is 7.48. The monoisotopic (exact) mass is 310 g/mol. The molecule has 0 fully saturated rings. The summed E-state index contributed by atoms with van der Waals surface area (Å²) in [6, 6.07) is 8.93. The minimum atomic E-state index is -0.148. The number of halogens is 1. The van der Waals surface area contributed by atoms with Gasteiger partial charge in [-0.15, -0.1) is 11.3 Å². The number of hydrogen-bond acceptors (Lipinski definition) is 4. The molecule has 1 heterocycles. The van der Waals surface area contributed by atoms with Crippen molar-refractivity contribution in [3.8, 4) is 0 Å². The summed E-state index contributed by atoms with van der Waals surface area (Å²) < 4.78 is 5.43. The second-order valence-corrected chi connectivity index (χ2v) is 5.63. The molecule has 0 unspecified atom stereocenters. The Morgan fingerprint density at radius 3 is 3.00 bits per heavy atom. The Hall–Kier alpha value is -1.56. The van der Waals surface area contributed by atoms with E-state index in [-0.39, 0.29) is 12.3 Å². The van der Waals surface area contributed by atoms with Gasteiger partial charge in [-0.05, 0) is 29.6 Å². The Labute approximate surface area is 126 Å². The Morgan fingerprint density at radius 2 is 2.25 bits per heavy atom. The molecule has 0 aliphatic rings. The van der Waals surface area contributed by atoms with E-state index in [0.717, 1.165) is 4.88 Å². The van der Waals surface area contributed by atoms with Crippen LogP contribution in [0, 0.1) is 0 Å². The number of hydrogen-bond donors (Lipinski definition) is 2. The number of carbonyl (C=O) groups is 1. The lowest BCUT2D eigenvalue weighted by atomic mass is 10.2. The van der Waals surface area contributed by atoms with Gasteiger partial charge in [0, 0.05) is 9.90 Å². The molecule has 0 aliphatic carbocycles. The van der Waals surface area contributed by atoms with Crippen LogP contribution in [0.5, 0.6) is 0 Å². The minimum absolute atomic E-state index is 0.148. The third kappa shape index (κ3) is 4.52. The van der Waals surface area contributed by atoms with E-state index in [1.54, 1.807) is 29.5 Å². The highest BCUT2D eigenvalue weighted by atomic mass is 35.5. The van der Waals surface area contributed by atoms with Crippen molar-refractivity contribution in [1.82, 2.24) is 0 Å². The van der Waals surface area contributed by atoms with E-state index >= 15 is 0 Å². The molecule has 106 valence electrons. The maximum Gasteiger partial charge on any atom is 0.226 e. The molecule has 6 heteroatoms. The number of ether oxygens (including phenoxy) is 1. The van der Waals surface area contributed by atoms with Crippen LogP contribution in [0.1, 0.15) is 11.3 Å². The maximum absolute atomic E-state index is 11.8. The molecule has 4 nitrogen and oxygen atoms in total. The van der Waals surface area contributed by atoms with Crippen LogP contribution in [0.15, 0.2) is 35.7 Å². The van der Waals surface area contributed by atoms with E-state index in [1.807, 2.05) is 17.5 Å². The summed E-state index contributed by atoms with van der Waals surface area (Å²) in [7, 11) is 0. The van der Waals surface area contributed by atoms with Crippen LogP contribution in [0.3, 0.4) is 0 Å². The molecular formula is C14H15ClN2O2S. The Balaban J connectivity index is 1.73. The zero-order valence-electron chi connectivity index (χ0n) is 10.8. The van der Waals surface area contributed by atoms with Gasteiger partial charge in [-0.1, -0.05) is 17.7 Å². The number of carbonyl (C=O) groups excluding carboxylic acids is 1. The van der Waals surface area contributed by atoms with Crippen molar-refractivity contribution in [3.05, 3.63) is 45.6 Å². The average Bonchev–Trinajstić information content (AvgIpc) is 2.92. The zero-order chi connectivity index (χ0) is 14.4. The quantitative estimate of drug-likeness (QED) is 0.633. The fourth-order valence-electron chi connectivity index (χ4n) is 1.58. The number of rotatable bonds is 6. The van der Waals surface area contributed by atoms with Crippen LogP contribution in [0.2, 0.25) is 5.02 Å². The van der Waals surface area contributed by atoms with Crippen molar-refractivity contribution >= 4 is 40.2 Å². The van der Waals surface area contributed by atoms with Crippen molar-refractivity contribution < 1.29 is 9.53 Å². The molecule has 1 aromatic carbocycles. The summed E-state index contributed by atoms with van der Waals surface area (Å²) in [6.07, 6.45) is 0.275. The second kappa shape index (κ2) is 7.28. The first-order valence-corrected chi connectivity index (χ1v) is 7.36. The Kier molecular flexibility index (Phi) is 5.40. The lowest BCUT2D eigenvalue weighted by molar-refractivity contribution is -0.117. The van der Waals surface area contributed by atoms with Crippen LogP contribution >= 0.6 is 22.9 Å². The number of nitrogen functional groups attached to an aromatic ring is 1. The molecule has 20 heavy (non-hydrogen) atoms. The van der Waals surface area contributed by atoms with E-state index in [4.69, 9.17) is 22.1 Å². The molecule has 0 spiro atoms. The molecule has 0 atom stereocenters. The maximum atomic E-state index is 11.8. The van der Waals surface area contributed by atoms with E-state index in [1.165, 1.54) is 0 Å². The predicted octanol–water partition coefficient (Wildman–Crippen LogP) is 3.53. The second-order valence-electron chi connectivity index (χ2n) is 4.16. The van der Waals surface area contributed by atoms with Gasteiger partial charge >= 0.3 is 0 Å². The molecule has 2 rings (SSSR count). The van der Waals surface area contributed by atoms with Gasteiger partial charge in [0.15, 0.2) is 0 Å². The number of thiophene rings is 1. The van der Waals surface area contributed by atoms with Gasteiger partial charge in [0.05, 0.1) is 31.0 Å². The molecule has 1 aromatic heterocycles. The molecule has 3 N–H and O–H groups in total. The minimum Gasteiger partial charge on any atom is -0.397 e. The van der Waals surface area contributed by atoms with E-state index < -0.39 is 0 Å². The van der Waals surface area contributed by atoms with Crippen LogP contribution in [-0.4, -0.2) is 12.5 Å². The number of benzene rings is 1. The summed E-state index contributed by atoms with van der Waals surface area (Å²) in [5.41, 5.74) is 6.77. The molecule has 0 saturated carbocycles. The summed E-state index contributed by atoms with van der Waals surface area (Å²) in [6.45, 7) is 0.897. The average molecular weight is 311 g/mol. The van der Waals surface area contributed by atoms with Gasteiger partial charge in [-0.25, -0.2) is 0 Å². The first kappa shape index (κ1) is 14.8. The highest BCUT2D eigenvalue weighted by Crippen LogP contribution is 2.22. The van der Waals surface area contributed by atoms with Crippen molar-refractivity contribution in [3.63, 3.8) is 0 Å². The molecular weight excluding hydrogens is 296 g/mol. The zero-order valence-corrected chi connectivity index (χ0v) is 12.3. The fourth-order valence-corrected chi connectivity index (χ4v) is 2.39. The number of nitrogens with one attached hydrogen (secondary N) is 1. The molecule has 0 radical (unpaired) electrons. The molecule has 0 saturated heterocycles. The summed E-state index contributed by atoms with van der Waals surface area (Å²) in [5.74, 6) is -0.148. The SMILES string of the molecule is Nc1ccc(Cl)cc1NC(=O)CCOCc1cccs1. The molecule has 0 bridgehead atoms. The smallest absolute Gasteiger partial charge is 0.226 e. The highest BCUT2D eigenvalue weighted by Gasteiger charge is 2.06. The first-order chi connectivity index (χ1) is 9.65. The number of amides is 1. The molecule has 2 aromatic rings. The number of nitrogens with two attached hydrogens (primary N) is 1. The van der Waals surface area contributed by atoms with E-state index in [9.17, 15) is 4.79 Å². The topological polar surface area (TPSA) is 64.3 Å². The van der Waals surface area contributed by atoms with Gasteiger partial charge in [-0.3, -0.25) is 4.79 Å². The van der Waals surface area contributed by atoms with Gasteiger partial charge in [-0.2, -0.15) is 0 Å². The first-order valence-electron chi connectivity index (χ1n) is 6.10. The molecule has 1 amide bonds. The van der Waals surface area contributed by atoms with Crippen LogP contribution in [0.25, 0.3) is 0 Å². The van der Waals surface area contributed by atoms with Crippen LogP contribution < -0.4 is 11.1 Å². The third-order valence-corrected chi connectivity index (χ3v) is 3.67. The predicted molar refractivity (Wildman–Crippen MR) is 83.1 cm³/mol. The van der Waals surface area contributed by atoms with Gasteiger partial charge in [0.1, 0.15) is 0 Å². The highest BCUT2D eigenvalue weighted by molar-refractivity contribution is 7.09. The summed E-state index contributed by atoms with van der Waals surface area (Å²) in [5, 5.41) is 5.24. The largest absolute Gasteiger partial charge is 0.397 e. The van der Waals surface area contributed by atoms with Gasteiger partial charge in [0.25, 0.3) is 0 Å². The number of anilines is 2. The molecule has 0 aliphatic heterocycles. The fraction of sp³-hybridized carbons (Fsp3) is 0.214. The van der Waals surface area contributed by atoms with E-state index in [0.29, 0.717) is 29.6 Å². The lowest BCUT2D eigenvalue weighted by Gasteiger charge is -2.08. The van der Waals surface area contributed by atoms with Crippen LogP contribution in [-0.2, 0) is 16.1 Å². The van der Waals surface area contributed by atoms with Gasteiger partial charge in [0.2, 0.25) is 5.91 Å². The van der Waals surface area contributed by atoms with Crippen LogP contribution in [0.4, 0.5) is 11.4 Å². The van der Waals surface area contributed by atoms with Gasteiger partial charge < -0.3 is 15.8 Å². The Morgan fingerprint density at radius 1 is 1.40 bits per heavy atom. The summed E-state index contributed by atoms with van der Waals surface area (Å²) in [4.78, 5) is 12.9. The lowest BCUT2D eigenvalue weighted by Crippen LogP contribution is -2.15. The standard InChI is InChI=1S/C14H15ClN2O2S/c15-10-3-4-12(16)13(8-10)17-14(18)5-6-19-9-11-2-1-7-20-11/h1-4,7-8H,5-6,9,16H2,(H,17,18). The van der Waals surface area contributed by atoms with Crippen molar-refractivity contribution in [2.24, 2.45) is 0 Å².